The second-order valence-electron chi connectivity index (χ2n) is 4.11. The fraction of sp³-hybridized carbons (Fsp3) is 0.286. The zero-order chi connectivity index (χ0) is 13.8. The van der Waals surface area contributed by atoms with Gasteiger partial charge in [-0.15, -0.1) is 11.3 Å². The summed E-state index contributed by atoms with van der Waals surface area (Å²) >= 11 is 5.10. The number of thiophene rings is 1. The van der Waals surface area contributed by atoms with E-state index in [0.29, 0.717) is 11.3 Å². The first-order valence-electron chi connectivity index (χ1n) is 5.89. The number of rotatable bonds is 5. The van der Waals surface area contributed by atoms with Crippen molar-refractivity contribution in [2.45, 2.75) is 12.5 Å². The molecule has 0 saturated heterocycles. The van der Waals surface area contributed by atoms with Crippen molar-refractivity contribution in [2.24, 2.45) is 0 Å². The zero-order valence-corrected chi connectivity index (χ0v) is 13.1. The highest BCUT2D eigenvalue weighted by atomic mass is 79.9. The minimum atomic E-state index is -0.241. The Hall–Kier alpha value is -0.910. The minimum absolute atomic E-state index is 0.110. The van der Waals surface area contributed by atoms with Crippen LogP contribution < -0.4 is 10.1 Å². The molecule has 1 atom stereocenters. The van der Waals surface area contributed by atoms with E-state index in [1.165, 1.54) is 10.9 Å². The lowest BCUT2D eigenvalue weighted by Gasteiger charge is -2.19. The molecular weight excluding hydrogens is 329 g/mol. The molecule has 5 heteroatoms. The number of ether oxygens (including phenoxy) is 1. The molecule has 0 aliphatic carbocycles. The number of halogens is 2. The molecule has 0 radical (unpaired) electrons. The van der Waals surface area contributed by atoms with Crippen LogP contribution in [0.1, 0.15) is 16.5 Å². The van der Waals surface area contributed by atoms with Crippen LogP contribution in [-0.2, 0) is 6.42 Å². The predicted molar refractivity (Wildman–Crippen MR) is 80.5 cm³/mol. The van der Waals surface area contributed by atoms with Crippen LogP contribution in [0.3, 0.4) is 0 Å². The summed E-state index contributed by atoms with van der Waals surface area (Å²) in [5.74, 6) is 0.337. The maximum absolute atomic E-state index is 14.1. The molecule has 2 aromatic rings. The highest BCUT2D eigenvalue weighted by molar-refractivity contribution is 9.11. The van der Waals surface area contributed by atoms with Crippen molar-refractivity contribution in [3.05, 3.63) is 50.4 Å². The Balaban J connectivity index is 2.31. The standard InChI is InChI=1S/C14H15BrFNOS/c1-17-11(8-9-6-7-13(15)19-9)14-10(16)4-3-5-12(14)18-2/h3-7,11,17H,8H2,1-2H3. The molecule has 0 spiro atoms. The van der Waals surface area contributed by atoms with Gasteiger partial charge in [-0.25, -0.2) is 4.39 Å². The van der Waals surface area contributed by atoms with Gasteiger partial charge in [0, 0.05) is 22.9 Å². The first-order chi connectivity index (χ1) is 9.15. The summed E-state index contributed by atoms with van der Waals surface area (Å²) in [6.45, 7) is 0. The first-order valence-corrected chi connectivity index (χ1v) is 7.50. The summed E-state index contributed by atoms with van der Waals surface area (Å²) in [4.78, 5) is 1.19. The molecule has 0 aliphatic heterocycles. The molecule has 0 aliphatic rings. The van der Waals surface area contributed by atoms with Gasteiger partial charge in [-0.1, -0.05) is 6.07 Å². The van der Waals surface area contributed by atoms with Gasteiger partial charge in [0.1, 0.15) is 11.6 Å². The maximum atomic E-state index is 14.1. The number of likely N-dealkylation sites (N-methyl/N-ethyl adjacent to an activating group) is 1. The van der Waals surface area contributed by atoms with Gasteiger partial charge in [0.15, 0.2) is 0 Å². The molecule has 19 heavy (non-hydrogen) atoms. The van der Waals surface area contributed by atoms with E-state index in [9.17, 15) is 4.39 Å². The molecule has 0 amide bonds. The molecule has 0 bridgehead atoms. The smallest absolute Gasteiger partial charge is 0.131 e. The van der Waals surface area contributed by atoms with E-state index in [2.05, 4.69) is 21.2 Å². The van der Waals surface area contributed by atoms with E-state index in [0.717, 1.165) is 10.2 Å². The normalized spacial score (nSPS) is 12.4. The van der Waals surface area contributed by atoms with Gasteiger partial charge >= 0.3 is 0 Å². The third-order valence-electron chi connectivity index (χ3n) is 2.96. The van der Waals surface area contributed by atoms with Crippen molar-refractivity contribution in [1.29, 1.82) is 0 Å². The molecule has 0 saturated carbocycles. The molecule has 2 nitrogen and oxygen atoms in total. The second-order valence-corrected chi connectivity index (χ2v) is 6.65. The lowest BCUT2D eigenvalue weighted by atomic mass is 10.0. The SMILES string of the molecule is CNC(Cc1ccc(Br)s1)c1c(F)cccc1OC. The minimum Gasteiger partial charge on any atom is -0.496 e. The van der Waals surface area contributed by atoms with Gasteiger partial charge in [-0.2, -0.15) is 0 Å². The van der Waals surface area contributed by atoms with Gasteiger partial charge in [0.25, 0.3) is 0 Å². The molecule has 0 fully saturated rings. The Morgan fingerprint density at radius 1 is 1.37 bits per heavy atom. The third kappa shape index (κ3) is 3.35. The summed E-state index contributed by atoms with van der Waals surface area (Å²) in [5, 5.41) is 3.16. The Labute approximate surface area is 124 Å². The number of methoxy groups -OCH3 is 1. The summed E-state index contributed by atoms with van der Waals surface area (Å²) in [5.41, 5.74) is 0.581. The van der Waals surface area contributed by atoms with Crippen molar-refractivity contribution in [2.75, 3.05) is 14.2 Å². The number of hydrogen-bond acceptors (Lipinski definition) is 3. The average Bonchev–Trinajstić information content (AvgIpc) is 2.81. The second kappa shape index (κ2) is 6.50. The highest BCUT2D eigenvalue weighted by Gasteiger charge is 2.20. The lowest BCUT2D eigenvalue weighted by Crippen LogP contribution is -2.20. The van der Waals surface area contributed by atoms with Gasteiger partial charge < -0.3 is 10.1 Å². The van der Waals surface area contributed by atoms with Crippen LogP contribution in [0.2, 0.25) is 0 Å². The molecule has 2 rings (SSSR count). The molecule has 102 valence electrons. The van der Waals surface area contributed by atoms with E-state index in [1.807, 2.05) is 19.2 Å². The van der Waals surface area contributed by atoms with Crippen LogP contribution in [0, 0.1) is 5.82 Å². The van der Waals surface area contributed by atoms with Crippen LogP contribution in [0.4, 0.5) is 4.39 Å². The molecular formula is C14H15BrFNOS. The van der Waals surface area contributed by atoms with E-state index in [4.69, 9.17) is 4.74 Å². The Morgan fingerprint density at radius 2 is 2.16 bits per heavy atom. The van der Waals surface area contributed by atoms with E-state index >= 15 is 0 Å². The van der Waals surface area contributed by atoms with Crippen molar-refractivity contribution in [3.8, 4) is 5.75 Å². The van der Waals surface area contributed by atoms with E-state index < -0.39 is 0 Å². The fourth-order valence-corrected chi connectivity index (χ4v) is 3.57. The lowest BCUT2D eigenvalue weighted by molar-refractivity contribution is 0.393. The Bertz CT molecular complexity index is 558. The Morgan fingerprint density at radius 3 is 2.74 bits per heavy atom. The molecule has 1 aromatic heterocycles. The van der Waals surface area contributed by atoms with Crippen LogP contribution >= 0.6 is 27.3 Å². The van der Waals surface area contributed by atoms with Crippen LogP contribution in [0.5, 0.6) is 5.75 Å². The fourth-order valence-electron chi connectivity index (χ4n) is 2.04. The van der Waals surface area contributed by atoms with Crippen molar-refractivity contribution in [3.63, 3.8) is 0 Å². The molecule has 1 unspecified atom stereocenters. The van der Waals surface area contributed by atoms with Crippen LogP contribution in [-0.4, -0.2) is 14.2 Å². The number of benzene rings is 1. The monoisotopic (exact) mass is 343 g/mol. The van der Waals surface area contributed by atoms with Crippen molar-refractivity contribution >= 4 is 27.3 Å². The Kier molecular flexibility index (Phi) is 4.96. The summed E-state index contributed by atoms with van der Waals surface area (Å²) in [6, 6.07) is 8.85. The largest absolute Gasteiger partial charge is 0.496 e. The van der Waals surface area contributed by atoms with Crippen molar-refractivity contribution < 1.29 is 9.13 Å². The van der Waals surface area contributed by atoms with Crippen LogP contribution in [0.15, 0.2) is 34.1 Å². The topological polar surface area (TPSA) is 21.3 Å². The maximum Gasteiger partial charge on any atom is 0.131 e. The summed E-state index contributed by atoms with van der Waals surface area (Å²) in [6.07, 6.45) is 0.726. The number of nitrogens with one attached hydrogen (secondary N) is 1. The first kappa shape index (κ1) is 14.5. The third-order valence-corrected chi connectivity index (χ3v) is 4.61. The van der Waals surface area contributed by atoms with E-state index in [-0.39, 0.29) is 11.9 Å². The molecule has 1 heterocycles. The van der Waals surface area contributed by atoms with Gasteiger partial charge in [-0.05, 0) is 47.2 Å². The number of hydrogen-bond donors (Lipinski definition) is 1. The quantitative estimate of drug-likeness (QED) is 0.879. The summed E-state index contributed by atoms with van der Waals surface area (Å²) < 4.78 is 20.4. The summed E-state index contributed by atoms with van der Waals surface area (Å²) in [7, 11) is 3.39. The molecule has 1 aromatic carbocycles. The van der Waals surface area contributed by atoms with E-state index in [1.54, 1.807) is 30.6 Å². The predicted octanol–water partition coefficient (Wildman–Crippen LogP) is 4.16. The van der Waals surface area contributed by atoms with Crippen LogP contribution in [0.25, 0.3) is 0 Å². The molecule has 1 N–H and O–H groups in total. The average molecular weight is 344 g/mol. The van der Waals surface area contributed by atoms with Gasteiger partial charge in [-0.3, -0.25) is 0 Å². The zero-order valence-electron chi connectivity index (χ0n) is 10.7. The van der Waals surface area contributed by atoms with Gasteiger partial charge in [0.2, 0.25) is 0 Å². The van der Waals surface area contributed by atoms with Crippen molar-refractivity contribution in [1.82, 2.24) is 5.32 Å². The highest BCUT2D eigenvalue weighted by Crippen LogP contribution is 2.32. The van der Waals surface area contributed by atoms with Gasteiger partial charge in [0.05, 0.1) is 10.9 Å².